The summed E-state index contributed by atoms with van der Waals surface area (Å²) in [5.41, 5.74) is 2.28. The Labute approximate surface area is 159 Å². The molecule has 6 heteroatoms. The van der Waals surface area contributed by atoms with E-state index in [4.69, 9.17) is 4.74 Å². The lowest BCUT2D eigenvalue weighted by atomic mass is 10.1. The molecule has 1 fully saturated rings. The van der Waals surface area contributed by atoms with Crippen LogP contribution < -0.4 is 10.2 Å². The number of hydrogen-bond acceptors (Lipinski definition) is 5. The minimum Gasteiger partial charge on any atom is -0.372 e. The Bertz CT molecular complexity index is 792. The Morgan fingerprint density at radius 3 is 2.37 bits per heavy atom. The number of benzene rings is 1. The predicted molar refractivity (Wildman–Crippen MR) is 104 cm³/mol. The number of anilines is 1. The van der Waals surface area contributed by atoms with Crippen LogP contribution in [0.1, 0.15) is 35.3 Å². The van der Waals surface area contributed by atoms with Crippen molar-refractivity contribution in [2.75, 3.05) is 18.0 Å². The molecule has 1 aliphatic rings. The van der Waals surface area contributed by atoms with Gasteiger partial charge >= 0.3 is 0 Å². The summed E-state index contributed by atoms with van der Waals surface area (Å²) in [5.74, 6) is -0.252. The van der Waals surface area contributed by atoms with Crippen LogP contribution in [0, 0.1) is 6.92 Å². The van der Waals surface area contributed by atoms with E-state index in [1.54, 1.807) is 18.3 Å². The minimum absolute atomic E-state index is 0.169. The highest BCUT2D eigenvalue weighted by atomic mass is 16.5. The summed E-state index contributed by atoms with van der Waals surface area (Å²) in [6.45, 7) is 7.91. The van der Waals surface area contributed by atoms with E-state index in [0.29, 0.717) is 5.56 Å². The second kappa shape index (κ2) is 8.31. The van der Waals surface area contributed by atoms with Crippen LogP contribution in [-0.2, 0) is 16.1 Å². The molecular weight excluding hydrogens is 342 g/mol. The number of hydrogen-bond donors (Lipinski definition) is 1. The molecule has 1 aromatic heterocycles. The molecule has 1 amide bonds. The normalized spacial score (nSPS) is 19.6. The van der Waals surface area contributed by atoms with E-state index >= 15 is 0 Å². The standard InChI is InChI=1S/C21H25N3O3/c1-14-4-7-18(8-5-14)20(25)21(26)23-11-17-6-9-19(22-10-17)24-12-15(2)27-16(3)13-24/h4-10,15-16H,11-13H2,1-3H3,(H,23,26)/t15-,16-/m1/s1. The second-order valence-electron chi connectivity index (χ2n) is 7.06. The highest BCUT2D eigenvalue weighted by molar-refractivity contribution is 6.42. The van der Waals surface area contributed by atoms with Crippen molar-refractivity contribution in [3.8, 4) is 0 Å². The number of carbonyl (C=O) groups is 2. The van der Waals surface area contributed by atoms with Gasteiger partial charge in [0.05, 0.1) is 12.2 Å². The summed E-state index contributed by atoms with van der Waals surface area (Å²) >= 11 is 0. The van der Waals surface area contributed by atoms with Gasteiger partial charge in [-0.1, -0.05) is 35.9 Å². The quantitative estimate of drug-likeness (QED) is 0.649. The number of rotatable bonds is 5. The number of aryl methyl sites for hydroxylation is 1. The number of nitrogens with zero attached hydrogens (tertiary/aromatic N) is 2. The van der Waals surface area contributed by atoms with Gasteiger partial charge in [-0.2, -0.15) is 0 Å². The van der Waals surface area contributed by atoms with Crippen LogP contribution >= 0.6 is 0 Å². The lowest BCUT2D eigenvalue weighted by Crippen LogP contribution is -2.45. The molecule has 142 valence electrons. The van der Waals surface area contributed by atoms with E-state index in [0.717, 1.165) is 30.0 Å². The first-order chi connectivity index (χ1) is 12.9. The summed E-state index contributed by atoms with van der Waals surface area (Å²) in [5, 5.41) is 2.66. The molecule has 0 spiro atoms. The van der Waals surface area contributed by atoms with Crippen LogP contribution in [0.3, 0.4) is 0 Å². The molecule has 2 atom stereocenters. The molecule has 27 heavy (non-hydrogen) atoms. The maximum atomic E-state index is 12.2. The van der Waals surface area contributed by atoms with Crippen LogP contribution in [0.25, 0.3) is 0 Å². The molecule has 1 aliphatic heterocycles. The molecule has 3 rings (SSSR count). The van der Waals surface area contributed by atoms with Crippen molar-refractivity contribution < 1.29 is 14.3 Å². The number of carbonyl (C=O) groups excluding carboxylic acids is 2. The first-order valence-corrected chi connectivity index (χ1v) is 9.17. The third kappa shape index (κ3) is 4.92. The number of pyridine rings is 1. The average molecular weight is 367 g/mol. The van der Waals surface area contributed by atoms with Gasteiger partial charge < -0.3 is 15.0 Å². The summed E-state index contributed by atoms with van der Waals surface area (Å²) in [6.07, 6.45) is 2.07. The van der Waals surface area contributed by atoms with Crippen LogP contribution in [0.5, 0.6) is 0 Å². The fraction of sp³-hybridized carbons (Fsp3) is 0.381. The van der Waals surface area contributed by atoms with Crippen LogP contribution in [-0.4, -0.2) is 42.0 Å². The molecule has 0 aliphatic carbocycles. The molecule has 0 saturated carbocycles. The van der Waals surface area contributed by atoms with Crippen molar-refractivity contribution in [3.05, 3.63) is 59.3 Å². The van der Waals surface area contributed by atoms with Gasteiger partial charge in [-0.3, -0.25) is 9.59 Å². The van der Waals surface area contributed by atoms with Crippen molar-refractivity contribution in [2.45, 2.75) is 39.5 Å². The Morgan fingerprint density at radius 1 is 1.11 bits per heavy atom. The third-order valence-electron chi connectivity index (χ3n) is 4.53. The molecule has 0 unspecified atom stereocenters. The fourth-order valence-electron chi connectivity index (χ4n) is 3.17. The maximum Gasteiger partial charge on any atom is 0.292 e. The zero-order valence-electron chi connectivity index (χ0n) is 15.9. The number of amides is 1. The zero-order chi connectivity index (χ0) is 19.4. The molecule has 0 radical (unpaired) electrons. The molecule has 1 saturated heterocycles. The number of ketones is 1. The van der Waals surface area contributed by atoms with Gasteiger partial charge in [0.15, 0.2) is 0 Å². The SMILES string of the molecule is Cc1ccc(C(=O)C(=O)NCc2ccc(N3C[C@@H](C)O[C@H](C)C3)nc2)cc1. The van der Waals surface area contributed by atoms with Crippen molar-refractivity contribution >= 4 is 17.5 Å². The molecule has 0 bridgehead atoms. The second-order valence-corrected chi connectivity index (χ2v) is 7.06. The van der Waals surface area contributed by atoms with Crippen molar-refractivity contribution in [1.29, 1.82) is 0 Å². The Balaban J connectivity index is 1.56. The van der Waals surface area contributed by atoms with Crippen LogP contribution in [0.2, 0.25) is 0 Å². The van der Waals surface area contributed by atoms with Gasteiger partial charge in [-0.25, -0.2) is 4.98 Å². The number of ether oxygens (including phenoxy) is 1. The lowest BCUT2D eigenvalue weighted by molar-refractivity contribution is -0.117. The molecule has 1 N–H and O–H groups in total. The highest BCUT2D eigenvalue weighted by Crippen LogP contribution is 2.18. The van der Waals surface area contributed by atoms with Gasteiger partial charge in [0.1, 0.15) is 5.82 Å². The lowest BCUT2D eigenvalue weighted by Gasteiger charge is -2.36. The molecular formula is C21H25N3O3. The van der Waals surface area contributed by atoms with Crippen molar-refractivity contribution in [2.24, 2.45) is 0 Å². The summed E-state index contributed by atoms with van der Waals surface area (Å²) in [6, 6.07) is 10.8. The maximum absolute atomic E-state index is 12.2. The predicted octanol–water partition coefficient (Wildman–Crippen LogP) is 2.50. The van der Waals surface area contributed by atoms with Crippen LogP contribution in [0.4, 0.5) is 5.82 Å². The number of nitrogens with one attached hydrogen (secondary N) is 1. The molecule has 6 nitrogen and oxygen atoms in total. The average Bonchev–Trinajstić information content (AvgIpc) is 2.66. The molecule has 2 heterocycles. The minimum atomic E-state index is -0.612. The van der Waals surface area contributed by atoms with Gasteiger partial charge in [0.2, 0.25) is 5.78 Å². The smallest absolute Gasteiger partial charge is 0.292 e. The molecule has 1 aromatic carbocycles. The first kappa shape index (κ1) is 19.0. The van der Waals surface area contributed by atoms with Gasteiger partial charge in [-0.15, -0.1) is 0 Å². The Kier molecular flexibility index (Phi) is 5.86. The van der Waals surface area contributed by atoms with E-state index in [1.165, 1.54) is 0 Å². The monoisotopic (exact) mass is 367 g/mol. The Hall–Kier alpha value is -2.73. The topological polar surface area (TPSA) is 71.5 Å². The highest BCUT2D eigenvalue weighted by Gasteiger charge is 2.23. The van der Waals surface area contributed by atoms with Gasteiger partial charge in [-0.05, 0) is 32.4 Å². The third-order valence-corrected chi connectivity index (χ3v) is 4.53. The van der Waals surface area contributed by atoms with Crippen molar-refractivity contribution in [3.63, 3.8) is 0 Å². The van der Waals surface area contributed by atoms with E-state index in [-0.39, 0.29) is 18.8 Å². The number of Topliss-reactive ketones (excluding diaryl/α,β-unsaturated/α-hetero) is 1. The van der Waals surface area contributed by atoms with E-state index < -0.39 is 11.7 Å². The van der Waals surface area contributed by atoms with E-state index in [1.807, 2.05) is 31.2 Å². The zero-order valence-corrected chi connectivity index (χ0v) is 15.9. The van der Waals surface area contributed by atoms with E-state index in [9.17, 15) is 9.59 Å². The largest absolute Gasteiger partial charge is 0.372 e. The summed E-state index contributed by atoms with van der Waals surface area (Å²) in [4.78, 5) is 30.9. The molecule has 2 aromatic rings. The van der Waals surface area contributed by atoms with Crippen molar-refractivity contribution in [1.82, 2.24) is 10.3 Å². The van der Waals surface area contributed by atoms with Gasteiger partial charge in [0.25, 0.3) is 5.91 Å². The van der Waals surface area contributed by atoms with Gasteiger partial charge in [0, 0.05) is 31.4 Å². The summed E-state index contributed by atoms with van der Waals surface area (Å²) < 4.78 is 5.74. The van der Waals surface area contributed by atoms with Crippen LogP contribution in [0.15, 0.2) is 42.6 Å². The van der Waals surface area contributed by atoms with E-state index in [2.05, 4.69) is 29.0 Å². The number of morpholine rings is 1. The Morgan fingerprint density at radius 2 is 1.78 bits per heavy atom. The number of aromatic nitrogens is 1. The fourth-order valence-corrected chi connectivity index (χ4v) is 3.17. The first-order valence-electron chi connectivity index (χ1n) is 9.17. The summed E-state index contributed by atoms with van der Waals surface area (Å²) in [7, 11) is 0.